The summed E-state index contributed by atoms with van der Waals surface area (Å²) < 4.78 is 5.86. The van der Waals surface area contributed by atoms with Gasteiger partial charge in [0.1, 0.15) is 11.4 Å². The first-order valence-electron chi connectivity index (χ1n) is 7.37. The largest absolute Gasteiger partial charge is 0.487 e. The number of aliphatic carboxylic acids is 1. The van der Waals surface area contributed by atoms with Crippen LogP contribution in [-0.4, -0.2) is 16.7 Å². The van der Waals surface area contributed by atoms with E-state index < -0.39 is 5.97 Å². The summed E-state index contributed by atoms with van der Waals surface area (Å²) in [6, 6.07) is 5.91. The molecule has 0 radical (unpaired) electrons. The van der Waals surface area contributed by atoms with Crippen molar-refractivity contribution in [2.75, 3.05) is 0 Å². The number of hydrogen-bond donors (Lipinski definition) is 2. The predicted molar refractivity (Wildman–Crippen MR) is 82.4 cm³/mol. The molecule has 3 N–H and O–H groups in total. The average molecular weight is 291 g/mol. The van der Waals surface area contributed by atoms with Gasteiger partial charge in [0.2, 0.25) is 0 Å². The monoisotopic (exact) mass is 291 g/mol. The van der Waals surface area contributed by atoms with Crippen LogP contribution in [0.15, 0.2) is 18.2 Å². The van der Waals surface area contributed by atoms with Gasteiger partial charge in [0.05, 0.1) is 6.42 Å². The summed E-state index contributed by atoms with van der Waals surface area (Å²) in [7, 11) is 0. The van der Waals surface area contributed by atoms with Crippen molar-refractivity contribution in [2.24, 2.45) is 11.1 Å². The first-order valence-corrected chi connectivity index (χ1v) is 7.37. The number of ether oxygens (including phenoxy) is 1. The lowest BCUT2D eigenvalue weighted by Crippen LogP contribution is -2.24. The molecule has 0 saturated carbocycles. The van der Waals surface area contributed by atoms with E-state index in [1.807, 2.05) is 26.0 Å². The molecule has 4 heteroatoms. The number of carboxylic acids is 1. The Morgan fingerprint density at radius 1 is 1.48 bits per heavy atom. The van der Waals surface area contributed by atoms with E-state index >= 15 is 0 Å². The molecule has 1 aromatic rings. The highest BCUT2D eigenvalue weighted by atomic mass is 16.5. The lowest BCUT2D eigenvalue weighted by Gasteiger charge is -2.26. The highest BCUT2D eigenvalue weighted by Crippen LogP contribution is 2.38. The van der Waals surface area contributed by atoms with Crippen LogP contribution in [0.25, 0.3) is 0 Å². The highest BCUT2D eigenvalue weighted by Gasteiger charge is 2.31. The van der Waals surface area contributed by atoms with Crippen molar-refractivity contribution in [3.8, 4) is 5.75 Å². The molecule has 1 unspecified atom stereocenters. The zero-order valence-corrected chi connectivity index (χ0v) is 13.3. The van der Waals surface area contributed by atoms with Gasteiger partial charge in [-0.2, -0.15) is 0 Å². The standard InChI is InChI=1S/C17H25NO3/c1-16(2,10-15(19)20)9-13(18)11-5-6-14-12(7-11)8-17(3,4)21-14/h5-7,13H,8-10,18H2,1-4H3,(H,19,20). The summed E-state index contributed by atoms with van der Waals surface area (Å²) in [4.78, 5) is 10.9. The smallest absolute Gasteiger partial charge is 0.303 e. The van der Waals surface area contributed by atoms with E-state index in [1.54, 1.807) is 0 Å². The molecule has 1 heterocycles. The lowest BCUT2D eigenvalue weighted by atomic mass is 9.81. The molecular weight excluding hydrogens is 266 g/mol. The third-order valence-corrected chi connectivity index (χ3v) is 3.92. The van der Waals surface area contributed by atoms with Gasteiger partial charge in [-0.1, -0.05) is 26.0 Å². The van der Waals surface area contributed by atoms with Crippen molar-refractivity contribution in [1.82, 2.24) is 0 Å². The number of carboxylic acid groups (broad SMARTS) is 1. The van der Waals surface area contributed by atoms with Gasteiger partial charge >= 0.3 is 5.97 Å². The fraction of sp³-hybridized carbons (Fsp3) is 0.588. The zero-order valence-electron chi connectivity index (χ0n) is 13.3. The van der Waals surface area contributed by atoms with Crippen LogP contribution in [0.1, 0.15) is 57.7 Å². The molecule has 2 rings (SSSR count). The molecule has 0 aliphatic carbocycles. The SMILES string of the molecule is CC(C)(CC(=O)O)CC(N)c1ccc2c(c1)CC(C)(C)O2. The van der Waals surface area contributed by atoms with Gasteiger partial charge in [-0.15, -0.1) is 0 Å². The van der Waals surface area contributed by atoms with Gasteiger partial charge in [-0.3, -0.25) is 4.79 Å². The molecule has 116 valence electrons. The summed E-state index contributed by atoms with van der Waals surface area (Å²) in [6.07, 6.45) is 1.64. The second kappa shape index (κ2) is 5.34. The molecular formula is C17H25NO3. The molecule has 0 amide bonds. The molecule has 1 aliphatic rings. The Hall–Kier alpha value is -1.55. The number of hydrogen-bond acceptors (Lipinski definition) is 3. The Kier molecular flexibility index (Phi) is 4.02. The van der Waals surface area contributed by atoms with Crippen molar-refractivity contribution in [1.29, 1.82) is 0 Å². The maximum Gasteiger partial charge on any atom is 0.303 e. The normalized spacial score (nSPS) is 18.0. The third-order valence-electron chi connectivity index (χ3n) is 3.92. The second-order valence-corrected chi connectivity index (χ2v) is 7.45. The van der Waals surface area contributed by atoms with Gasteiger partial charge in [0.25, 0.3) is 0 Å². The number of carbonyl (C=O) groups is 1. The summed E-state index contributed by atoms with van der Waals surface area (Å²) >= 11 is 0. The van der Waals surface area contributed by atoms with Crippen LogP contribution in [0.5, 0.6) is 5.75 Å². The van der Waals surface area contributed by atoms with Crippen LogP contribution in [0.2, 0.25) is 0 Å². The van der Waals surface area contributed by atoms with Crippen molar-refractivity contribution in [2.45, 2.75) is 58.6 Å². The number of rotatable bonds is 5. The topological polar surface area (TPSA) is 72.5 Å². The predicted octanol–water partition coefficient (Wildman–Crippen LogP) is 3.29. The summed E-state index contributed by atoms with van der Waals surface area (Å²) in [6.45, 7) is 8.03. The number of benzene rings is 1. The van der Waals surface area contributed by atoms with E-state index in [0.717, 1.165) is 17.7 Å². The molecule has 1 atom stereocenters. The highest BCUT2D eigenvalue weighted by molar-refractivity contribution is 5.67. The minimum absolute atomic E-state index is 0.127. The van der Waals surface area contributed by atoms with Crippen molar-refractivity contribution >= 4 is 5.97 Å². The summed E-state index contributed by atoms with van der Waals surface area (Å²) in [5, 5.41) is 8.96. The van der Waals surface area contributed by atoms with E-state index in [1.165, 1.54) is 5.56 Å². The van der Waals surface area contributed by atoms with Gasteiger partial charge in [-0.05, 0) is 42.9 Å². The van der Waals surface area contributed by atoms with Gasteiger partial charge < -0.3 is 15.6 Å². The molecule has 4 nitrogen and oxygen atoms in total. The Bertz CT molecular complexity index is 549. The first-order chi connectivity index (χ1) is 9.58. The van der Waals surface area contributed by atoms with E-state index in [4.69, 9.17) is 15.6 Å². The van der Waals surface area contributed by atoms with Crippen LogP contribution in [0, 0.1) is 5.41 Å². The summed E-state index contributed by atoms with van der Waals surface area (Å²) in [5.41, 5.74) is 8.04. The summed E-state index contributed by atoms with van der Waals surface area (Å²) in [5.74, 6) is 0.150. The fourth-order valence-electron chi connectivity index (χ4n) is 3.05. The number of nitrogens with two attached hydrogens (primary N) is 1. The Morgan fingerprint density at radius 3 is 2.76 bits per heavy atom. The van der Waals surface area contributed by atoms with Crippen LogP contribution >= 0.6 is 0 Å². The minimum Gasteiger partial charge on any atom is -0.487 e. The van der Waals surface area contributed by atoms with Crippen molar-refractivity contribution < 1.29 is 14.6 Å². The van der Waals surface area contributed by atoms with Crippen LogP contribution in [0.4, 0.5) is 0 Å². The third kappa shape index (κ3) is 3.97. The Labute approximate surface area is 126 Å². The molecule has 1 aromatic carbocycles. The van der Waals surface area contributed by atoms with Gasteiger partial charge in [0, 0.05) is 12.5 Å². The quantitative estimate of drug-likeness (QED) is 0.873. The second-order valence-electron chi connectivity index (χ2n) is 7.45. The van der Waals surface area contributed by atoms with Crippen molar-refractivity contribution in [3.05, 3.63) is 29.3 Å². The van der Waals surface area contributed by atoms with Gasteiger partial charge in [0.15, 0.2) is 0 Å². The molecule has 1 aliphatic heterocycles. The average Bonchev–Trinajstić information content (AvgIpc) is 2.58. The molecule has 0 fully saturated rings. The number of fused-ring (bicyclic) bond motifs is 1. The van der Waals surface area contributed by atoms with Crippen molar-refractivity contribution in [3.63, 3.8) is 0 Å². The van der Waals surface area contributed by atoms with Crippen LogP contribution in [0.3, 0.4) is 0 Å². The Morgan fingerprint density at radius 2 is 2.14 bits per heavy atom. The van der Waals surface area contributed by atoms with E-state index in [2.05, 4.69) is 19.9 Å². The molecule has 21 heavy (non-hydrogen) atoms. The zero-order chi connectivity index (χ0) is 15.8. The maximum absolute atomic E-state index is 10.9. The maximum atomic E-state index is 10.9. The molecule has 0 saturated heterocycles. The van der Waals surface area contributed by atoms with Gasteiger partial charge in [-0.25, -0.2) is 0 Å². The fourth-order valence-corrected chi connectivity index (χ4v) is 3.05. The molecule has 0 aromatic heterocycles. The Balaban J connectivity index is 2.11. The van der Waals surface area contributed by atoms with E-state index in [9.17, 15) is 4.79 Å². The van der Waals surface area contributed by atoms with E-state index in [0.29, 0.717) is 6.42 Å². The van der Waals surface area contributed by atoms with Crippen LogP contribution in [-0.2, 0) is 11.2 Å². The van der Waals surface area contributed by atoms with E-state index in [-0.39, 0.29) is 23.5 Å². The lowest BCUT2D eigenvalue weighted by molar-refractivity contribution is -0.139. The molecule has 0 spiro atoms. The van der Waals surface area contributed by atoms with Crippen LogP contribution < -0.4 is 10.5 Å². The first kappa shape index (κ1) is 15.8. The molecule has 0 bridgehead atoms. The minimum atomic E-state index is -0.781.